The van der Waals surface area contributed by atoms with Gasteiger partial charge in [0, 0.05) is 0 Å². The molecule has 0 atom stereocenters. The van der Waals surface area contributed by atoms with Crippen molar-refractivity contribution in [2.24, 2.45) is 0 Å². The van der Waals surface area contributed by atoms with Crippen LogP contribution in [0.5, 0.6) is 0 Å². The molecule has 1 N–H and O–H groups in total. The van der Waals surface area contributed by atoms with Gasteiger partial charge in [0.15, 0.2) is 0 Å². The van der Waals surface area contributed by atoms with Gasteiger partial charge in [0.05, 0.1) is 17.6 Å². The van der Waals surface area contributed by atoms with Gasteiger partial charge >= 0.3 is 0 Å². The Kier molecular flexibility index (Phi) is 5.23. The maximum Gasteiger partial charge on any atom is 0.245 e. The third-order valence-corrected chi connectivity index (χ3v) is 4.64. The number of carbonyl (C=O) groups is 1. The van der Waals surface area contributed by atoms with Crippen molar-refractivity contribution >= 4 is 27.3 Å². The molecule has 0 radical (unpaired) electrons. The molecule has 0 heterocycles. The minimum absolute atomic E-state index is 0.0115. The Balaban J connectivity index is 2.31. The average molecular weight is 350 g/mol. The van der Waals surface area contributed by atoms with E-state index in [0.29, 0.717) is 5.69 Å². The first-order valence-corrected chi connectivity index (χ1v) is 9.13. The lowest BCUT2D eigenvalue weighted by molar-refractivity contribution is -0.114. The summed E-state index contributed by atoms with van der Waals surface area (Å²) in [4.78, 5) is 12.2. The van der Waals surface area contributed by atoms with Crippen molar-refractivity contribution in [1.82, 2.24) is 0 Å². The summed E-state index contributed by atoms with van der Waals surface area (Å²) in [5, 5.41) is 2.40. The number of sulfonamides is 1. The van der Waals surface area contributed by atoms with E-state index in [4.69, 9.17) is 0 Å². The fourth-order valence-corrected chi connectivity index (χ4v) is 3.42. The van der Waals surface area contributed by atoms with Crippen molar-refractivity contribution in [1.29, 1.82) is 0 Å². The van der Waals surface area contributed by atoms with Gasteiger partial charge in [-0.3, -0.25) is 9.10 Å². The van der Waals surface area contributed by atoms with Crippen molar-refractivity contribution in [2.45, 2.75) is 13.8 Å². The third kappa shape index (κ3) is 4.11. The zero-order valence-corrected chi connectivity index (χ0v) is 14.5. The van der Waals surface area contributed by atoms with Gasteiger partial charge in [-0.2, -0.15) is 0 Å². The van der Waals surface area contributed by atoms with Gasteiger partial charge in [-0.25, -0.2) is 12.8 Å². The summed E-state index contributed by atoms with van der Waals surface area (Å²) in [6.45, 7) is 3.11. The van der Waals surface area contributed by atoms with Crippen molar-refractivity contribution in [2.75, 3.05) is 22.4 Å². The van der Waals surface area contributed by atoms with Crippen LogP contribution in [0.15, 0.2) is 42.5 Å². The minimum atomic E-state index is -3.68. The first-order valence-electron chi connectivity index (χ1n) is 7.28. The molecular formula is C17H19FN2O3S. The number of nitrogens with one attached hydrogen (secondary N) is 1. The van der Waals surface area contributed by atoms with Gasteiger partial charge in [-0.05, 0) is 37.1 Å². The van der Waals surface area contributed by atoms with E-state index >= 15 is 0 Å². The molecule has 0 fully saturated rings. The number of rotatable bonds is 5. The Bertz CT molecular complexity index is 846. The summed E-state index contributed by atoms with van der Waals surface area (Å²) in [5.74, 6) is -1.20. The van der Waals surface area contributed by atoms with Crippen LogP contribution in [-0.2, 0) is 14.8 Å². The quantitative estimate of drug-likeness (QED) is 0.902. The smallest absolute Gasteiger partial charge is 0.245 e. The Hall–Kier alpha value is -2.41. The maximum absolute atomic E-state index is 13.6. The number of carbonyl (C=O) groups excluding carboxylic acids is 1. The third-order valence-electron chi connectivity index (χ3n) is 3.52. The summed E-state index contributed by atoms with van der Waals surface area (Å²) in [7, 11) is -3.68. The van der Waals surface area contributed by atoms with Gasteiger partial charge in [-0.15, -0.1) is 0 Å². The lowest BCUT2D eigenvalue weighted by atomic mass is 10.1. The van der Waals surface area contributed by atoms with E-state index < -0.39 is 28.3 Å². The van der Waals surface area contributed by atoms with Crippen LogP contribution in [0.2, 0.25) is 0 Å². The molecule has 0 aromatic heterocycles. The van der Waals surface area contributed by atoms with Crippen LogP contribution in [0.25, 0.3) is 0 Å². The average Bonchev–Trinajstić information content (AvgIpc) is 2.47. The van der Waals surface area contributed by atoms with Crippen LogP contribution in [-0.4, -0.2) is 27.1 Å². The van der Waals surface area contributed by atoms with E-state index in [0.717, 1.165) is 21.7 Å². The van der Waals surface area contributed by atoms with E-state index in [1.54, 1.807) is 32.0 Å². The topological polar surface area (TPSA) is 66.5 Å². The molecule has 5 nitrogen and oxygen atoms in total. The van der Waals surface area contributed by atoms with Crippen molar-refractivity contribution in [3.63, 3.8) is 0 Å². The predicted octanol–water partition coefficient (Wildman–Crippen LogP) is 2.85. The van der Waals surface area contributed by atoms with Gasteiger partial charge in [0.2, 0.25) is 15.9 Å². The highest BCUT2D eigenvalue weighted by Gasteiger charge is 2.24. The number of amides is 1. The number of anilines is 2. The molecule has 0 aliphatic carbocycles. The molecule has 0 saturated heterocycles. The van der Waals surface area contributed by atoms with Gasteiger partial charge in [0.1, 0.15) is 12.4 Å². The highest BCUT2D eigenvalue weighted by Crippen LogP contribution is 2.26. The molecule has 128 valence electrons. The second-order valence-electron chi connectivity index (χ2n) is 5.54. The summed E-state index contributed by atoms with van der Waals surface area (Å²) >= 11 is 0. The lowest BCUT2D eigenvalue weighted by Crippen LogP contribution is -2.38. The van der Waals surface area contributed by atoms with Crippen LogP contribution in [0.3, 0.4) is 0 Å². The van der Waals surface area contributed by atoms with Gasteiger partial charge in [0.25, 0.3) is 0 Å². The number of aryl methyl sites for hydroxylation is 2. The van der Waals surface area contributed by atoms with E-state index in [2.05, 4.69) is 5.32 Å². The SMILES string of the molecule is Cc1cccc(C)c1N(CC(=O)Nc1ccccc1F)S(C)(=O)=O. The van der Waals surface area contributed by atoms with Crippen molar-refractivity contribution < 1.29 is 17.6 Å². The summed E-state index contributed by atoms with van der Waals surface area (Å²) in [6, 6.07) is 11.1. The van der Waals surface area contributed by atoms with Crippen LogP contribution >= 0.6 is 0 Å². The summed E-state index contributed by atoms with van der Waals surface area (Å²) in [5.41, 5.74) is 1.94. The fraction of sp³-hybridized carbons (Fsp3) is 0.235. The zero-order chi connectivity index (χ0) is 17.9. The lowest BCUT2D eigenvalue weighted by Gasteiger charge is -2.25. The van der Waals surface area contributed by atoms with E-state index in [1.807, 2.05) is 6.07 Å². The molecular weight excluding hydrogens is 331 g/mol. The Labute approximate surface area is 141 Å². The first kappa shape index (κ1) is 17.9. The molecule has 0 bridgehead atoms. The Morgan fingerprint density at radius 1 is 1.08 bits per heavy atom. The van der Waals surface area contributed by atoms with Gasteiger partial charge in [-0.1, -0.05) is 30.3 Å². The standard InChI is InChI=1S/C17H19FN2O3S/c1-12-7-6-8-13(2)17(12)20(24(3,22)23)11-16(21)19-15-10-5-4-9-14(15)18/h4-10H,11H2,1-3H3,(H,19,21). The zero-order valence-electron chi connectivity index (χ0n) is 13.7. The van der Waals surface area contributed by atoms with E-state index in [9.17, 15) is 17.6 Å². The normalized spacial score (nSPS) is 11.2. The second kappa shape index (κ2) is 7.00. The van der Waals surface area contributed by atoms with Gasteiger partial charge < -0.3 is 5.32 Å². The first-order chi connectivity index (χ1) is 11.2. The monoisotopic (exact) mass is 350 g/mol. The molecule has 0 aliphatic heterocycles. The van der Waals surface area contributed by atoms with Crippen LogP contribution in [0.4, 0.5) is 15.8 Å². The number of hydrogen-bond acceptors (Lipinski definition) is 3. The largest absolute Gasteiger partial charge is 0.322 e. The van der Waals surface area contributed by atoms with Crippen molar-refractivity contribution in [3.05, 3.63) is 59.4 Å². The number of nitrogens with zero attached hydrogens (tertiary/aromatic N) is 1. The number of benzene rings is 2. The van der Waals surface area contributed by atoms with Crippen LogP contribution in [0, 0.1) is 19.7 Å². The summed E-state index contributed by atoms with van der Waals surface area (Å²) < 4.78 is 39.0. The number of para-hydroxylation sites is 2. The Morgan fingerprint density at radius 3 is 2.21 bits per heavy atom. The van der Waals surface area contributed by atoms with Crippen LogP contribution < -0.4 is 9.62 Å². The fourth-order valence-electron chi connectivity index (χ4n) is 2.44. The molecule has 7 heteroatoms. The summed E-state index contributed by atoms with van der Waals surface area (Å²) in [6.07, 6.45) is 1.04. The molecule has 24 heavy (non-hydrogen) atoms. The molecule has 2 aromatic carbocycles. The highest BCUT2D eigenvalue weighted by atomic mass is 32.2. The van der Waals surface area contributed by atoms with Crippen molar-refractivity contribution in [3.8, 4) is 0 Å². The van der Waals surface area contributed by atoms with E-state index in [-0.39, 0.29) is 5.69 Å². The van der Waals surface area contributed by atoms with E-state index in [1.165, 1.54) is 18.2 Å². The molecule has 1 amide bonds. The second-order valence-corrected chi connectivity index (χ2v) is 7.44. The molecule has 0 spiro atoms. The number of halogens is 1. The molecule has 2 rings (SSSR count). The minimum Gasteiger partial charge on any atom is -0.322 e. The molecule has 0 unspecified atom stereocenters. The Morgan fingerprint density at radius 2 is 1.67 bits per heavy atom. The van der Waals surface area contributed by atoms with Crippen LogP contribution in [0.1, 0.15) is 11.1 Å². The highest BCUT2D eigenvalue weighted by molar-refractivity contribution is 7.92. The predicted molar refractivity (Wildman–Crippen MR) is 93.1 cm³/mol. The maximum atomic E-state index is 13.6. The molecule has 2 aromatic rings. The number of hydrogen-bond donors (Lipinski definition) is 1. The molecule has 0 aliphatic rings. The molecule has 0 saturated carbocycles.